The predicted octanol–water partition coefficient (Wildman–Crippen LogP) is 2.59. The molecule has 1 aliphatic rings. The number of amides is 1. The maximum atomic E-state index is 12.4. The lowest BCUT2D eigenvalue weighted by Crippen LogP contribution is -2.43. The minimum absolute atomic E-state index is 0.104. The van der Waals surface area contributed by atoms with Crippen molar-refractivity contribution in [3.63, 3.8) is 0 Å². The molecule has 0 spiro atoms. The summed E-state index contributed by atoms with van der Waals surface area (Å²) in [6, 6.07) is 18.3. The Kier molecular flexibility index (Phi) is 6.04. The number of hydrogen-bond acceptors (Lipinski definition) is 4. The van der Waals surface area contributed by atoms with Crippen molar-refractivity contribution in [2.24, 2.45) is 0 Å². The number of carbonyl (C=O) groups is 1. The Morgan fingerprint density at radius 3 is 2.44 bits per heavy atom. The van der Waals surface area contributed by atoms with Gasteiger partial charge in [0.25, 0.3) is 0 Å². The molecule has 3 rings (SSSR count). The molecule has 5 nitrogen and oxygen atoms in total. The van der Waals surface area contributed by atoms with Crippen molar-refractivity contribution < 1.29 is 9.53 Å². The maximum Gasteiger partial charge on any atom is 0.240 e. The van der Waals surface area contributed by atoms with Gasteiger partial charge >= 0.3 is 0 Å². The summed E-state index contributed by atoms with van der Waals surface area (Å²) < 4.78 is 5.32. The molecule has 1 N–H and O–H groups in total. The maximum absolute atomic E-state index is 12.4. The lowest BCUT2D eigenvalue weighted by atomic mass is 10.2. The van der Waals surface area contributed by atoms with Crippen LogP contribution in [-0.4, -0.2) is 50.7 Å². The van der Waals surface area contributed by atoms with Crippen LogP contribution in [-0.2, 0) is 16.1 Å². The van der Waals surface area contributed by atoms with Crippen molar-refractivity contribution in [1.82, 2.24) is 4.90 Å². The Balaban J connectivity index is 1.52. The fourth-order valence-corrected chi connectivity index (χ4v) is 2.80. The van der Waals surface area contributed by atoms with E-state index >= 15 is 0 Å². The average Bonchev–Trinajstić information content (AvgIpc) is 2.68. The van der Waals surface area contributed by atoms with Gasteiger partial charge in [0.1, 0.15) is 0 Å². The zero-order valence-corrected chi connectivity index (χ0v) is 14.6. The number of anilines is 2. The number of hydrogen-bond donors (Lipinski definition) is 1. The highest BCUT2D eigenvalue weighted by Gasteiger charge is 2.17. The van der Waals surface area contributed by atoms with E-state index in [1.807, 2.05) is 49.5 Å². The smallest absolute Gasteiger partial charge is 0.240 e. The van der Waals surface area contributed by atoms with Gasteiger partial charge in [0.2, 0.25) is 5.91 Å². The number of benzene rings is 2. The van der Waals surface area contributed by atoms with Crippen molar-refractivity contribution in [2.45, 2.75) is 6.54 Å². The van der Waals surface area contributed by atoms with Crippen molar-refractivity contribution >= 4 is 17.3 Å². The molecule has 5 heteroatoms. The Bertz CT molecular complexity index is 667. The van der Waals surface area contributed by atoms with Crippen LogP contribution in [0.25, 0.3) is 0 Å². The second kappa shape index (κ2) is 8.65. The highest BCUT2D eigenvalue weighted by molar-refractivity contribution is 5.94. The zero-order chi connectivity index (χ0) is 17.5. The van der Waals surface area contributed by atoms with Gasteiger partial charge in [-0.3, -0.25) is 9.69 Å². The molecule has 0 aliphatic carbocycles. The predicted molar refractivity (Wildman–Crippen MR) is 101 cm³/mol. The first-order valence-corrected chi connectivity index (χ1v) is 8.67. The quantitative estimate of drug-likeness (QED) is 0.879. The van der Waals surface area contributed by atoms with E-state index in [2.05, 4.69) is 22.3 Å². The molecule has 2 aromatic carbocycles. The largest absolute Gasteiger partial charge is 0.381 e. The van der Waals surface area contributed by atoms with E-state index < -0.39 is 0 Å². The second-order valence-electron chi connectivity index (χ2n) is 6.23. The lowest BCUT2D eigenvalue weighted by Gasteiger charge is -2.28. The van der Waals surface area contributed by atoms with Gasteiger partial charge in [-0.25, -0.2) is 0 Å². The molecule has 0 atom stereocenters. The fraction of sp³-hybridized carbons (Fsp3) is 0.350. The minimum atomic E-state index is 0.104. The van der Waals surface area contributed by atoms with Gasteiger partial charge < -0.3 is 15.0 Å². The first-order chi connectivity index (χ1) is 12.2. The third kappa shape index (κ3) is 5.05. The van der Waals surface area contributed by atoms with Crippen molar-refractivity contribution in [3.8, 4) is 0 Å². The van der Waals surface area contributed by atoms with E-state index in [1.54, 1.807) is 4.90 Å². The molecule has 1 fully saturated rings. The monoisotopic (exact) mass is 339 g/mol. The van der Waals surface area contributed by atoms with Crippen LogP contribution in [0.5, 0.6) is 0 Å². The number of likely N-dealkylation sites (N-methyl/N-ethyl adjacent to an activating group) is 1. The molecule has 0 aromatic heterocycles. The van der Waals surface area contributed by atoms with Gasteiger partial charge in [-0.2, -0.15) is 0 Å². The molecule has 0 saturated carbocycles. The summed E-state index contributed by atoms with van der Waals surface area (Å²) in [6.07, 6.45) is 0. The van der Waals surface area contributed by atoms with E-state index in [1.165, 1.54) is 5.56 Å². The van der Waals surface area contributed by atoms with Crippen molar-refractivity contribution in [3.05, 3.63) is 60.2 Å². The summed E-state index contributed by atoms with van der Waals surface area (Å²) in [6.45, 7) is 4.28. The lowest BCUT2D eigenvalue weighted by molar-refractivity contribution is -0.120. The van der Waals surface area contributed by atoms with Crippen LogP contribution >= 0.6 is 0 Å². The topological polar surface area (TPSA) is 44.8 Å². The molecule has 1 saturated heterocycles. The molecule has 132 valence electrons. The average molecular weight is 339 g/mol. The van der Waals surface area contributed by atoms with E-state index in [9.17, 15) is 4.79 Å². The first-order valence-electron chi connectivity index (χ1n) is 8.67. The summed E-state index contributed by atoms with van der Waals surface area (Å²) in [5.74, 6) is 0.104. The molecule has 2 aromatic rings. The number of nitrogens with one attached hydrogen (secondary N) is 1. The molecule has 0 bridgehead atoms. The molecule has 1 aliphatic heterocycles. The van der Waals surface area contributed by atoms with Gasteiger partial charge in [-0.05, 0) is 29.8 Å². The molecular weight excluding hydrogens is 314 g/mol. The van der Waals surface area contributed by atoms with Gasteiger partial charge in [0, 0.05) is 38.1 Å². The van der Waals surface area contributed by atoms with Crippen LogP contribution < -0.4 is 10.2 Å². The van der Waals surface area contributed by atoms with Crippen LogP contribution in [0.4, 0.5) is 11.4 Å². The van der Waals surface area contributed by atoms with E-state index in [-0.39, 0.29) is 5.91 Å². The van der Waals surface area contributed by atoms with Crippen LogP contribution in [0, 0.1) is 0 Å². The number of carbonyl (C=O) groups excluding carboxylic acids is 1. The Labute approximate surface area is 149 Å². The van der Waals surface area contributed by atoms with Crippen LogP contribution in [0.15, 0.2) is 54.6 Å². The normalized spacial score (nSPS) is 14.9. The Morgan fingerprint density at radius 1 is 1.08 bits per heavy atom. The summed E-state index contributed by atoms with van der Waals surface area (Å²) in [7, 11) is 1.83. The molecule has 0 unspecified atom stereocenters. The van der Waals surface area contributed by atoms with Gasteiger partial charge in [-0.1, -0.05) is 30.3 Å². The van der Waals surface area contributed by atoms with E-state index in [4.69, 9.17) is 4.74 Å². The zero-order valence-electron chi connectivity index (χ0n) is 14.6. The molecule has 0 radical (unpaired) electrons. The van der Waals surface area contributed by atoms with Crippen LogP contribution in [0.1, 0.15) is 5.56 Å². The van der Waals surface area contributed by atoms with Crippen LogP contribution in [0.3, 0.4) is 0 Å². The number of nitrogens with zero attached hydrogens (tertiary/aromatic N) is 2. The molecule has 1 heterocycles. The summed E-state index contributed by atoms with van der Waals surface area (Å²) in [4.78, 5) is 16.3. The SMILES string of the molecule is CN(C(=O)CN1CCOCC1)c1ccc(NCc2ccccc2)cc1. The minimum Gasteiger partial charge on any atom is -0.381 e. The van der Waals surface area contributed by atoms with Gasteiger partial charge in [0.05, 0.1) is 19.8 Å². The standard InChI is InChI=1S/C20H25N3O2/c1-22(20(24)16-23-11-13-25-14-12-23)19-9-7-18(8-10-19)21-15-17-5-3-2-4-6-17/h2-10,21H,11-16H2,1H3. The third-order valence-corrected chi connectivity index (χ3v) is 4.43. The van der Waals surface area contributed by atoms with E-state index in [0.717, 1.165) is 31.0 Å². The van der Waals surface area contributed by atoms with Gasteiger partial charge in [-0.15, -0.1) is 0 Å². The molecule has 25 heavy (non-hydrogen) atoms. The van der Waals surface area contributed by atoms with Crippen molar-refractivity contribution in [1.29, 1.82) is 0 Å². The Morgan fingerprint density at radius 2 is 1.76 bits per heavy atom. The van der Waals surface area contributed by atoms with Gasteiger partial charge in [0.15, 0.2) is 0 Å². The fourth-order valence-electron chi connectivity index (χ4n) is 2.80. The first kappa shape index (κ1) is 17.5. The number of rotatable bonds is 6. The summed E-state index contributed by atoms with van der Waals surface area (Å²) in [5, 5.41) is 3.40. The molecular formula is C20H25N3O2. The highest BCUT2D eigenvalue weighted by Crippen LogP contribution is 2.18. The summed E-state index contributed by atoms with van der Waals surface area (Å²) in [5.41, 5.74) is 3.19. The summed E-state index contributed by atoms with van der Waals surface area (Å²) >= 11 is 0. The number of ether oxygens (including phenoxy) is 1. The second-order valence-corrected chi connectivity index (χ2v) is 6.23. The Hall–Kier alpha value is -2.37. The number of morpholine rings is 1. The third-order valence-electron chi connectivity index (χ3n) is 4.43. The van der Waals surface area contributed by atoms with Crippen molar-refractivity contribution in [2.75, 3.05) is 50.1 Å². The molecule has 1 amide bonds. The highest BCUT2D eigenvalue weighted by atomic mass is 16.5. The van der Waals surface area contributed by atoms with Crippen LogP contribution in [0.2, 0.25) is 0 Å². The van der Waals surface area contributed by atoms with E-state index in [0.29, 0.717) is 19.8 Å².